The molecular formula is C31H38FN3O5S. The molecule has 41 heavy (non-hydrogen) atoms. The van der Waals surface area contributed by atoms with Gasteiger partial charge in [-0.15, -0.1) is 0 Å². The summed E-state index contributed by atoms with van der Waals surface area (Å²) in [6, 6.07) is 17.4. The van der Waals surface area contributed by atoms with E-state index < -0.39 is 34.3 Å². The molecule has 0 spiro atoms. The number of hydrogen-bond donors (Lipinski definition) is 1. The van der Waals surface area contributed by atoms with Crippen LogP contribution >= 0.6 is 0 Å². The standard InChI is InChI=1S/C31H38FN3O5S/c1-6-23(4)33-31(37)24(5)34(20-25-10-12-26(32)13-11-25)30(36)21-35(27-14-8-22(3)9-15-27)41(38,39)29-18-16-28(17-19-29)40-7-2/h8-19,23-24H,6-7,20-21H2,1-5H3,(H,33,37). The molecule has 3 rings (SSSR count). The fourth-order valence-electron chi connectivity index (χ4n) is 4.08. The molecule has 0 aliphatic rings. The van der Waals surface area contributed by atoms with Crippen LogP contribution in [0.5, 0.6) is 5.75 Å². The van der Waals surface area contributed by atoms with Gasteiger partial charge >= 0.3 is 0 Å². The third kappa shape index (κ3) is 8.29. The lowest BCUT2D eigenvalue weighted by Gasteiger charge is -2.32. The maximum Gasteiger partial charge on any atom is 0.264 e. The second-order valence-corrected chi connectivity index (χ2v) is 11.8. The summed E-state index contributed by atoms with van der Waals surface area (Å²) < 4.78 is 47.9. The fraction of sp³-hybridized carbons (Fsp3) is 0.355. The smallest absolute Gasteiger partial charge is 0.264 e. The summed E-state index contributed by atoms with van der Waals surface area (Å²) in [4.78, 5) is 28.3. The molecule has 220 valence electrons. The normalized spacial score (nSPS) is 12.7. The van der Waals surface area contributed by atoms with Crippen LogP contribution in [0.4, 0.5) is 10.1 Å². The summed E-state index contributed by atoms with van der Waals surface area (Å²) in [7, 11) is -4.19. The lowest BCUT2D eigenvalue weighted by Crippen LogP contribution is -2.52. The molecule has 3 aromatic carbocycles. The minimum absolute atomic E-state index is 0.0121. The van der Waals surface area contributed by atoms with Crippen molar-refractivity contribution >= 4 is 27.5 Å². The molecule has 2 atom stereocenters. The molecule has 1 N–H and O–H groups in total. The molecule has 0 saturated carbocycles. The number of benzene rings is 3. The minimum atomic E-state index is -4.19. The number of halogens is 1. The molecule has 0 saturated heterocycles. The van der Waals surface area contributed by atoms with E-state index in [0.29, 0.717) is 30.0 Å². The maximum absolute atomic E-state index is 13.9. The largest absolute Gasteiger partial charge is 0.494 e. The zero-order valence-corrected chi connectivity index (χ0v) is 24.9. The summed E-state index contributed by atoms with van der Waals surface area (Å²) in [6.45, 7) is 8.96. The first-order valence-electron chi connectivity index (χ1n) is 13.6. The van der Waals surface area contributed by atoms with Crippen molar-refractivity contribution < 1.29 is 27.1 Å². The SMILES string of the molecule is CCOc1ccc(S(=O)(=O)N(CC(=O)N(Cc2ccc(F)cc2)C(C)C(=O)NC(C)CC)c2ccc(C)cc2)cc1. The van der Waals surface area contributed by atoms with E-state index in [2.05, 4.69) is 5.32 Å². The molecule has 0 radical (unpaired) electrons. The average molecular weight is 584 g/mol. The summed E-state index contributed by atoms with van der Waals surface area (Å²) in [6.07, 6.45) is 0.700. The lowest BCUT2D eigenvalue weighted by atomic mass is 10.1. The lowest BCUT2D eigenvalue weighted by molar-refractivity contribution is -0.139. The van der Waals surface area contributed by atoms with E-state index in [4.69, 9.17) is 4.74 Å². The Balaban J connectivity index is 2.01. The Kier molecular flexibility index (Phi) is 10.9. The van der Waals surface area contributed by atoms with E-state index in [1.807, 2.05) is 27.7 Å². The predicted octanol–water partition coefficient (Wildman–Crippen LogP) is 5.06. The van der Waals surface area contributed by atoms with E-state index in [-0.39, 0.29) is 23.4 Å². The van der Waals surface area contributed by atoms with Crippen LogP contribution in [0, 0.1) is 12.7 Å². The third-order valence-electron chi connectivity index (χ3n) is 6.76. The number of amides is 2. The number of sulfonamides is 1. The number of rotatable bonds is 13. The second-order valence-electron chi connectivity index (χ2n) is 9.89. The Morgan fingerprint density at radius 3 is 2.10 bits per heavy atom. The van der Waals surface area contributed by atoms with Crippen LogP contribution < -0.4 is 14.4 Å². The Labute approximate surface area is 242 Å². The van der Waals surface area contributed by atoms with Gasteiger partial charge in [-0.3, -0.25) is 13.9 Å². The van der Waals surface area contributed by atoms with E-state index in [0.717, 1.165) is 9.87 Å². The molecule has 0 aromatic heterocycles. The highest BCUT2D eigenvalue weighted by Crippen LogP contribution is 2.26. The Bertz CT molecular complexity index is 1410. The monoisotopic (exact) mass is 583 g/mol. The van der Waals surface area contributed by atoms with Crippen molar-refractivity contribution in [1.82, 2.24) is 10.2 Å². The van der Waals surface area contributed by atoms with Crippen molar-refractivity contribution in [3.63, 3.8) is 0 Å². The van der Waals surface area contributed by atoms with Crippen molar-refractivity contribution in [1.29, 1.82) is 0 Å². The van der Waals surface area contributed by atoms with Crippen LogP contribution in [0.25, 0.3) is 0 Å². The number of carbonyl (C=O) groups is 2. The molecular weight excluding hydrogens is 545 g/mol. The molecule has 0 aliphatic carbocycles. The third-order valence-corrected chi connectivity index (χ3v) is 8.55. The highest BCUT2D eigenvalue weighted by Gasteiger charge is 2.32. The van der Waals surface area contributed by atoms with E-state index in [9.17, 15) is 22.4 Å². The van der Waals surface area contributed by atoms with Crippen molar-refractivity contribution in [3.05, 3.63) is 89.7 Å². The molecule has 0 heterocycles. The number of ether oxygens (including phenoxy) is 1. The molecule has 8 nitrogen and oxygen atoms in total. The van der Waals surface area contributed by atoms with Crippen LogP contribution in [-0.2, 0) is 26.2 Å². The number of anilines is 1. The van der Waals surface area contributed by atoms with E-state index in [1.54, 1.807) is 43.3 Å². The number of hydrogen-bond acceptors (Lipinski definition) is 5. The van der Waals surface area contributed by atoms with Crippen molar-refractivity contribution in [3.8, 4) is 5.75 Å². The highest BCUT2D eigenvalue weighted by molar-refractivity contribution is 7.92. The molecule has 2 amide bonds. The van der Waals surface area contributed by atoms with Crippen LogP contribution in [0.15, 0.2) is 77.7 Å². The molecule has 0 bridgehead atoms. The molecule has 3 aromatic rings. The van der Waals surface area contributed by atoms with E-state index >= 15 is 0 Å². The highest BCUT2D eigenvalue weighted by atomic mass is 32.2. The van der Waals surface area contributed by atoms with Crippen molar-refractivity contribution in [2.24, 2.45) is 0 Å². The van der Waals surface area contributed by atoms with Crippen LogP contribution in [0.2, 0.25) is 0 Å². The zero-order chi connectivity index (χ0) is 30.2. The summed E-state index contributed by atoms with van der Waals surface area (Å²) in [5.74, 6) is -0.862. The minimum Gasteiger partial charge on any atom is -0.494 e. The van der Waals surface area contributed by atoms with Gasteiger partial charge in [0.2, 0.25) is 11.8 Å². The second kappa shape index (κ2) is 14.1. The van der Waals surface area contributed by atoms with Gasteiger partial charge in [0.1, 0.15) is 24.2 Å². The van der Waals surface area contributed by atoms with Crippen LogP contribution in [-0.4, -0.2) is 50.4 Å². The van der Waals surface area contributed by atoms with Gasteiger partial charge in [0, 0.05) is 12.6 Å². The van der Waals surface area contributed by atoms with Gasteiger partial charge in [-0.2, -0.15) is 0 Å². The first-order valence-corrected chi connectivity index (χ1v) is 15.1. The molecule has 10 heteroatoms. The van der Waals surface area contributed by atoms with Gasteiger partial charge in [0.05, 0.1) is 17.2 Å². The quantitative estimate of drug-likeness (QED) is 0.304. The number of nitrogens with zero attached hydrogens (tertiary/aromatic N) is 2. The average Bonchev–Trinajstić information content (AvgIpc) is 2.96. The summed E-state index contributed by atoms with van der Waals surface area (Å²) in [5.41, 5.74) is 1.82. The number of aryl methyl sites for hydroxylation is 1. The Morgan fingerprint density at radius 2 is 1.54 bits per heavy atom. The summed E-state index contributed by atoms with van der Waals surface area (Å²) in [5, 5.41) is 2.89. The number of nitrogens with one attached hydrogen (secondary N) is 1. The molecule has 0 aliphatic heterocycles. The van der Waals surface area contributed by atoms with Gasteiger partial charge < -0.3 is 15.0 Å². The van der Waals surface area contributed by atoms with Gasteiger partial charge in [-0.25, -0.2) is 12.8 Å². The van der Waals surface area contributed by atoms with Gasteiger partial charge in [0.25, 0.3) is 10.0 Å². The Morgan fingerprint density at radius 1 is 0.927 bits per heavy atom. The number of carbonyl (C=O) groups excluding carboxylic acids is 2. The van der Waals surface area contributed by atoms with Crippen LogP contribution in [0.3, 0.4) is 0 Å². The zero-order valence-electron chi connectivity index (χ0n) is 24.1. The Hall–Kier alpha value is -3.92. The van der Waals surface area contributed by atoms with E-state index in [1.165, 1.54) is 41.3 Å². The maximum atomic E-state index is 13.9. The topological polar surface area (TPSA) is 96.0 Å². The van der Waals surface area contributed by atoms with Crippen LogP contribution in [0.1, 0.15) is 45.2 Å². The predicted molar refractivity (Wildman–Crippen MR) is 158 cm³/mol. The van der Waals surface area contributed by atoms with Crippen molar-refractivity contribution in [2.75, 3.05) is 17.5 Å². The van der Waals surface area contributed by atoms with Gasteiger partial charge in [-0.05, 0) is 88.2 Å². The molecule has 2 unspecified atom stereocenters. The van der Waals surface area contributed by atoms with Crippen molar-refractivity contribution in [2.45, 2.75) is 64.6 Å². The van der Waals surface area contributed by atoms with Gasteiger partial charge in [0.15, 0.2) is 0 Å². The first-order chi connectivity index (χ1) is 19.5. The molecule has 0 fully saturated rings. The summed E-state index contributed by atoms with van der Waals surface area (Å²) >= 11 is 0. The fourth-order valence-corrected chi connectivity index (χ4v) is 5.49. The van der Waals surface area contributed by atoms with Gasteiger partial charge in [-0.1, -0.05) is 36.8 Å². The first kappa shape index (κ1) is 31.6.